The molecule has 35 heavy (non-hydrogen) atoms. The van der Waals surface area contributed by atoms with E-state index in [0.29, 0.717) is 35.2 Å². The number of nitrogens with zero attached hydrogens (tertiary/aromatic N) is 1. The molecule has 0 aliphatic heterocycles. The molecule has 1 heterocycles. The smallest absolute Gasteiger partial charge is 0.302 e. The summed E-state index contributed by atoms with van der Waals surface area (Å²) in [6.07, 6.45) is 8.19. The van der Waals surface area contributed by atoms with Crippen molar-refractivity contribution >= 4 is 28.3 Å². The normalized spacial score (nSPS) is 31.1. The molecule has 0 radical (unpaired) electrons. The van der Waals surface area contributed by atoms with Gasteiger partial charge in [-0.3, -0.25) is 9.59 Å². The third-order valence-corrected chi connectivity index (χ3v) is 9.74. The van der Waals surface area contributed by atoms with E-state index < -0.39 is 0 Å². The highest BCUT2D eigenvalue weighted by Crippen LogP contribution is 2.64. The largest absolute Gasteiger partial charge is 0.497 e. The quantitative estimate of drug-likeness (QED) is 0.504. The molecule has 5 rings (SSSR count). The molecule has 1 amide bonds. The third-order valence-electron chi connectivity index (χ3n) is 8.91. The molecule has 3 aliphatic carbocycles. The van der Waals surface area contributed by atoms with E-state index in [1.807, 2.05) is 6.92 Å². The van der Waals surface area contributed by atoms with Crippen LogP contribution >= 0.6 is 11.3 Å². The topological polar surface area (TPSA) is 77.5 Å². The van der Waals surface area contributed by atoms with Gasteiger partial charge in [0.05, 0.1) is 7.11 Å². The second kappa shape index (κ2) is 9.57. The summed E-state index contributed by atoms with van der Waals surface area (Å²) in [5.41, 5.74) is 2.85. The van der Waals surface area contributed by atoms with Crippen LogP contribution in [0, 0.1) is 30.1 Å². The van der Waals surface area contributed by atoms with Gasteiger partial charge in [0.2, 0.25) is 5.91 Å². The number of aryl methyl sites for hydroxylation is 2. The number of benzene rings is 1. The first-order chi connectivity index (χ1) is 16.8. The summed E-state index contributed by atoms with van der Waals surface area (Å²) < 4.78 is 11.4. The van der Waals surface area contributed by atoms with Crippen LogP contribution < -0.4 is 10.1 Å². The van der Waals surface area contributed by atoms with E-state index in [1.165, 1.54) is 29.4 Å². The number of hydrogen-bond acceptors (Lipinski definition) is 6. The molecular weight excluding hydrogens is 460 g/mol. The number of anilines is 1. The SMILES string of the molecule is COc1ccc2c(c1)CCC1C2CC[C@]2(C)C(OC(C)=O)C[C@@H](CCC(=O)Nc3ncc(C)s3)C12. The number of methoxy groups -OCH3 is 1. The lowest BCUT2D eigenvalue weighted by molar-refractivity contribution is -0.154. The molecule has 6 atom stereocenters. The predicted octanol–water partition coefficient (Wildman–Crippen LogP) is 5.89. The first kappa shape index (κ1) is 24.3. The molecule has 2 fully saturated rings. The van der Waals surface area contributed by atoms with Crippen LogP contribution in [0.5, 0.6) is 5.75 Å². The summed E-state index contributed by atoms with van der Waals surface area (Å²) in [5, 5.41) is 3.63. The van der Waals surface area contributed by atoms with Crippen molar-refractivity contribution in [2.45, 2.75) is 77.7 Å². The van der Waals surface area contributed by atoms with Crippen LogP contribution in [0.2, 0.25) is 0 Å². The Kier molecular flexibility index (Phi) is 6.64. The molecule has 6 nitrogen and oxygen atoms in total. The van der Waals surface area contributed by atoms with Crippen LogP contribution in [-0.4, -0.2) is 30.1 Å². The highest BCUT2D eigenvalue weighted by molar-refractivity contribution is 7.15. The number of carbonyl (C=O) groups excluding carboxylic acids is 2. The van der Waals surface area contributed by atoms with E-state index in [-0.39, 0.29) is 23.4 Å². The fraction of sp³-hybridized carbons (Fsp3) is 0.607. The van der Waals surface area contributed by atoms with E-state index in [9.17, 15) is 9.59 Å². The summed E-state index contributed by atoms with van der Waals surface area (Å²) in [6, 6.07) is 6.57. The standard InChI is InChI=1S/C28H36N2O4S/c1-16-15-29-27(35-16)30-25(32)10-6-19-14-24(34-17(2)31)28(3)12-11-22-21-9-7-20(33-4)13-18(21)5-8-23(22)26(19)28/h7,9,13,15,19,22-24,26H,5-6,8,10-12,14H2,1-4H3,(H,29,30,32)/t19-,22?,23?,24?,26?,28-/m1/s1. The van der Waals surface area contributed by atoms with Gasteiger partial charge in [0.15, 0.2) is 5.13 Å². The van der Waals surface area contributed by atoms with E-state index in [4.69, 9.17) is 9.47 Å². The van der Waals surface area contributed by atoms with Crippen LogP contribution in [0.1, 0.15) is 74.3 Å². The van der Waals surface area contributed by atoms with Crippen molar-refractivity contribution in [3.63, 3.8) is 0 Å². The number of hydrogen-bond donors (Lipinski definition) is 1. The molecule has 0 saturated heterocycles. The monoisotopic (exact) mass is 496 g/mol. The molecule has 2 saturated carbocycles. The van der Waals surface area contributed by atoms with Crippen molar-refractivity contribution in [1.29, 1.82) is 0 Å². The summed E-state index contributed by atoms with van der Waals surface area (Å²) in [7, 11) is 1.73. The zero-order valence-corrected chi connectivity index (χ0v) is 22.0. The molecule has 188 valence electrons. The minimum absolute atomic E-state index is 0.0189. The van der Waals surface area contributed by atoms with Crippen molar-refractivity contribution in [3.05, 3.63) is 40.4 Å². The summed E-state index contributed by atoms with van der Waals surface area (Å²) in [4.78, 5) is 30.1. The molecule has 1 aromatic carbocycles. The summed E-state index contributed by atoms with van der Waals surface area (Å²) in [5.74, 6) is 2.62. The maximum absolute atomic E-state index is 12.7. The van der Waals surface area contributed by atoms with Gasteiger partial charge in [-0.05, 0) is 92.4 Å². The highest BCUT2D eigenvalue weighted by Gasteiger charge is 2.59. The average Bonchev–Trinajstić information content (AvgIpc) is 3.36. The van der Waals surface area contributed by atoms with E-state index >= 15 is 0 Å². The van der Waals surface area contributed by atoms with Crippen LogP contribution in [0.15, 0.2) is 24.4 Å². The minimum Gasteiger partial charge on any atom is -0.497 e. The number of esters is 1. The van der Waals surface area contributed by atoms with Gasteiger partial charge < -0.3 is 14.8 Å². The molecule has 1 aromatic heterocycles. The zero-order chi connectivity index (χ0) is 24.7. The van der Waals surface area contributed by atoms with Crippen LogP contribution in [-0.2, 0) is 20.7 Å². The first-order valence-corrected chi connectivity index (χ1v) is 13.7. The minimum atomic E-state index is -0.198. The Hall–Kier alpha value is -2.41. The van der Waals surface area contributed by atoms with Crippen LogP contribution in [0.3, 0.4) is 0 Å². The number of nitrogens with one attached hydrogen (secondary N) is 1. The van der Waals surface area contributed by atoms with Gasteiger partial charge in [-0.15, -0.1) is 11.3 Å². The number of carbonyl (C=O) groups is 2. The van der Waals surface area contributed by atoms with Crippen molar-refractivity contribution in [3.8, 4) is 5.75 Å². The Bertz CT molecular complexity index is 1110. The number of rotatable bonds is 6. The number of thiazole rings is 1. The fourth-order valence-corrected chi connectivity index (χ4v) is 8.19. The number of ether oxygens (including phenoxy) is 2. The Morgan fingerprint density at radius 2 is 2.11 bits per heavy atom. The van der Waals surface area contributed by atoms with Crippen LogP contribution in [0.25, 0.3) is 0 Å². The second-order valence-corrected chi connectivity index (χ2v) is 12.1. The van der Waals surface area contributed by atoms with Gasteiger partial charge >= 0.3 is 5.97 Å². The molecular formula is C28H36N2O4S. The lowest BCUT2D eigenvalue weighted by atomic mass is 9.53. The maximum atomic E-state index is 12.7. The Labute approximate surface area is 211 Å². The molecule has 0 bridgehead atoms. The maximum Gasteiger partial charge on any atom is 0.302 e. The number of fused-ring (bicyclic) bond motifs is 5. The Balaban J connectivity index is 1.37. The van der Waals surface area contributed by atoms with E-state index in [2.05, 4.69) is 35.4 Å². The highest BCUT2D eigenvalue weighted by atomic mass is 32.1. The van der Waals surface area contributed by atoms with Gasteiger partial charge in [0.25, 0.3) is 0 Å². The van der Waals surface area contributed by atoms with Crippen molar-refractivity contribution in [2.75, 3.05) is 12.4 Å². The lowest BCUT2D eigenvalue weighted by Crippen LogP contribution is -2.46. The molecule has 0 spiro atoms. The van der Waals surface area contributed by atoms with Crippen molar-refractivity contribution < 1.29 is 19.1 Å². The Morgan fingerprint density at radius 1 is 1.29 bits per heavy atom. The van der Waals surface area contributed by atoms with Crippen molar-refractivity contribution in [2.24, 2.45) is 23.2 Å². The first-order valence-electron chi connectivity index (χ1n) is 12.8. The summed E-state index contributed by atoms with van der Waals surface area (Å²) in [6.45, 7) is 5.84. The average molecular weight is 497 g/mol. The fourth-order valence-electron chi connectivity index (χ4n) is 7.51. The molecule has 3 aliphatic rings. The number of aromatic nitrogens is 1. The Morgan fingerprint density at radius 3 is 2.83 bits per heavy atom. The summed E-state index contributed by atoms with van der Waals surface area (Å²) >= 11 is 1.50. The molecule has 1 N–H and O–H groups in total. The van der Waals surface area contributed by atoms with Gasteiger partial charge in [0, 0.05) is 29.8 Å². The van der Waals surface area contributed by atoms with Gasteiger partial charge in [-0.25, -0.2) is 4.98 Å². The van der Waals surface area contributed by atoms with E-state index in [0.717, 1.165) is 49.2 Å². The van der Waals surface area contributed by atoms with E-state index in [1.54, 1.807) is 13.3 Å². The lowest BCUT2D eigenvalue weighted by Gasteiger charge is -2.51. The van der Waals surface area contributed by atoms with Gasteiger partial charge in [-0.1, -0.05) is 13.0 Å². The van der Waals surface area contributed by atoms with Crippen molar-refractivity contribution in [1.82, 2.24) is 4.98 Å². The predicted molar refractivity (Wildman–Crippen MR) is 137 cm³/mol. The van der Waals surface area contributed by atoms with Gasteiger partial charge in [-0.2, -0.15) is 0 Å². The number of amides is 1. The second-order valence-electron chi connectivity index (χ2n) is 10.9. The molecule has 7 heteroatoms. The van der Waals surface area contributed by atoms with Crippen LogP contribution in [0.4, 0.5) is 5.13 Å². The molecule has 4 unspecified atom stereocenters. The zero-order valence-electron chi connectivity index (χ0n) is 21.1. The van der Waals surface area contributed by atoms with Gasteiger partial charge in [0.1, 0.15) is 11.9 Å². The third kappa shape index (κ3) is 4.59. The molecule has 2 aromatic rings.